The number of benzene rings is 1. The van der Waals surface area contributed by atoms with Gasteiger partial charge < -0.3 is 5.32 Å². The topological polar surface area (TPSA) is 80.3 Å². The predicted octanol–water partition coefficient (Wildman–Crippen LogP) is 4.88. The monoisotopic (exact) mass is 520 g/mol. The van der Waals surface area contributed by atoms with Gasteiger partial charge in [-0.2, -0.15) is 0 Å². The molecule has 35 heavy (non-hydrogen) atoms. The van der Waals surface area contributed by atoms with E-state index in [1.165, 1.54) is 5.57 Å². The molecule has 3 saturated carbocycles. The molecule has 4 aliphatic carbocycles. The molecule has 1 aromatic carbocycles. The molecule has 0 aliphatic heterocycles. The molecule has 5 nitrogen and oxygen atoms in total. The summed E-state index contributed by atoms with van der Waals surface area (Å²) in [7, 11) is -3.83. The molecule has 183 valence electrons. The molecule has 5 atom stereocenters. The quantitative estimate of drug-likeness (QED) is 0.453. The van der Waals surface area contributed by atoms with E-state index in [0.717, 1.165) is 49.7 Å². The van der Waals surface area contributed by atoms with Crippen molar-refractivity contribution in [3.05, 3.63) is 52.1 Å². The molecule has 1 amide bonds. The van der Waals surface area contributed by atoms with Gasteiger partial charge in [-0.05, 0) is 104 Å². The number of allylic oxidation sites excluding steroid dienone is 2. The summed E-state index contributed by atoms with van der Waals surface area (Å²) >= 11 is 0. The fourth-order valence-corrected chi connectivity index (χ4v) is 9.55. The predicted molar refractivity (Wildman–Crippen MR) is 137 cm³/mol. The Morgan fingerprint density at radius 1 is 0.971 bits per heavy atom. The van der Waals surface area contributed by atoms with E-state index in [0.29, 0.717) is 37.0 Å². The van der Waals surface area contributed by atoms with Crippen LogP contribution in [0.25, 0.3) is 0 Å². The van der Waals surface area contributed by atoms with Crippen LogP contribution >= 0.6 is 0 Å². The number of nitrogens with one attached hydrogen (secondary N) is 1. The van der Waals surface area contributed by atoms with Crippen LogP contribution < -0.4 is 5.32 Å². The number of hydrogen-bond acceptors (Lipinski definition) is 4. The standard InChI is InChI=1S/C28H35NO4S.K/c1-18-4-7-21(8-5-18)34(32,33)26(29-17-30)25-11-10-23-22-9-6-19-16-20(31)12-14-27(19,2)24(22)13-15-28(23,25)3;/h4-5,7-8,16-17,22-24H,6,9-15H2,1-3H3,(H,29,30);/t22-,23-,24-,27-,28-;/m0./s1. The van der Waals surface area contributed by atoms with Crippen LogP contribution in [-0.4, -0.2) is 72.0 Å². The summed E-state index contributed by atoms with van der Waals surface area (Å²) in [5.41, 5.74) is 3.07. The van der Waals surface area contributed by atoms with Crippen molar-refractivity contribution in [3.63, 3.8) is 0 Å². The van der Waals surface area contributed by atoms with E-state index < -0.39 is 9.84 Å². The Hall–Kier alpha value is -0.574. The van der Waals surface area contributed by atoms with Gasteiger partial charge in [-0.25, -0.2) is 8.42 Å². The molecule has 3 fully saturated rings. The zero-order valence-electron chi connectivity index (χ0n) is 21.4. The molecule has 0 unspecified atom stereocenters. The second-order valence-corrected chi connectivity index (χ2v) is 13.2. The molecule has 1 radical (unpaired) electrons. The molecular weight excluding hydrogens is 485 g/mol. The summed E-state index contributed by atoms with van der Waals surface area (Å²) in [6.45, 7) is 6.51. The van der Waals surface area contributed by atoms with Crippen LogP contribution in [-0.2, 0) is 19.4 Å². The zero-order valence-corrected chi connectivity index (χ0v) is 25.3. The Kier molecular flexibility index (Phi) is 7.81. The average Bonchev–Trinajstić information content (AvgIpc) is 3.15. The van der Waals surface area contributed by atoms with Gasteiger partial charge in [-0.1, -0.05) is 37.1 Å². The maximum absolute atomic E-state index is 13.7. The second-order valence-electron chi connectivity index (χ2n) is 11.4. The molecule has 0 saturated heterocycles. The minimum Gasteiger partial charge on any atom is -0.319 e. The van der Waals surface area contributed by atoms with Crippen molar-refractivity contribution in [1.82, 2.24) is 5.32 Å². The van der Waals surface area contributed by atoms with Crippen molar-refractivity contribution in [2.24, 2.45) is 28.6 Å². The minimum absolute atomic E-state index is 0. The molecule has 0 aromatic heterocycles. The molecule has 1 N–H and O–H groups in total. The second kappa shape index (κ2) is 9.95. The SMILES string of the molecule is Cc1ccc(S(=O)(=O)C(NC=O)=C2CC[C@H]3[C@@H]4CCC5=CC(=O)CC[C@]5(C)[C@H]4CC[C@]23C)cc1.[K]. The Bertz CT molecular complexity index is 1200. The molecule has 7 heteroatoms. The van der Waals surface area contributed by atoms with Crippen molar-refractivity contribution in [2.45, 2.75) is 77.0 Å². The normalized spacial score (nSPS) is 35.6. The van der Waals surface area contributed by atoms with E-state index >= 15 is 0 Å². The van der Waals surface area contributed by atoms with Crippen LogP contribution in [0.3, 0.4) is 0 Å². The smallest absolute Gasteiger partial charge is 0.221 e. The largest absolute Gasteiger partial charge is 0.319 e. The van der Waals surface area contributed by atoms with E-state index in [1.807, 2.05) is 13.0 Å². The van der Waals surface area contributed by atoms with Crippen LogP contribution in [0.1, 0.15) is 70.8 Å². The van der Waals surface area contributed by atoms with Crippen molar-refractivity contribution < 1.29 is 18.0 Å². The van der Waals surface area contributed by atoms with Gasteiger partial charge in [0.05, 0.1) is 4.90 Å². The molecule has 0 spiro atoms. The van der Waals surface area contributed by atoms with E-state index in [4.69, 9.17) is 0 Å². The fourth-order valence-electron chi connectivity index (χ4n) is 7.96. The van der Waals surface area contributed by atoms with Gasteiger partial charge in [0.1, 0.15) is 5.03 Å². The number of fused-ring (bicyclic) bond motifs is 5. The van der Waals surface area contributed by atoms with Gasteiger partial charge in [0.2, 0.25) is 16.2 Å². The number of sulfone groups is 1. The maximum atomic E-state index is 13.7. The first-order chi connectivity index (χ1) is 16.1. The molecule has 0 bridgehead atoms. The third-order valence-electron chi connectivity index (χ3n) is 9.81. The van der Waals surface area contributed by atoms with E-state index in [9.17, 15) is 18.0 Å². The van der Waals surface area contributed by atoms with E-state index in [1.54, 1.807) is 24.3 Å². The van der Waals surface area contributed by atoms with Crippen molar-refractivity contribution in [2.75, 3.05) is 0 Å². The van der Waals surface area contributed by atoms with Gasteiger partial charge in [0.25, 0.3) is 0 Å². The Morgan fingerprint density at radius 2 is 1.66 bits per heavy atom. The van der Waals surface area contributed by atoms with Crippen molar-refractivity contribution in [1.29, 1.82) is 0 Å². The first-order valence-corrected chi connectivity index (χ1v) is 14.1. The van der Waals surface area contributed by atoms with Crippen LogP contribution in [0.15, 0.2) is 51.4 Å². The number of carbonyl (C=O) groups is 2. The number of hydrogen-bond donors (Lipinski definition) is 1. The summed E-state index contributed by atoms with van der Waals surface area (Å²) in [5.74, 6) is 1.72. The summed E-state index contributed by atoms with van der Waals surface area (Å²) in [5, 5.41) is 2.73. The third kappa shape index (κ3) is 4.42. The fraction of sp³-hybridized carbons (Fsp3) is 0.571. The number of aryl methyl sites for hydroxylation is 1. The van der Waals surface area contributed by atoms with Gasteiger partial charge in [-0.15, -0.1) is 0 Å². The Morgan fingerprint density at radius 3 is 2.34 bits per heavy atom. The maximum Gasteiger partial charge on any atom is 0.221 e. The van der Waals surface area contributed by atoms with Gasteiger partial charge in [0.15, 0.2) is 5.78 Å². The Labute approximate surface area is 251 Å². The van der Waals surface area contributed by atoms with Gasteiger partial charge >= 0.3 is 0 Å². The van der Waals surface area contributed by atoms with Crippen LogP contribution in [0, 0.1) is 35.5 Å². The summed E-state index contributed by atoms with van der Waals surface area (Å²) in [6.07, 6.45) is 9.63. The van der Waals surface area contributed by atoms with Crippen LogP contribution in [0.2, 0.25) is 0 Å². The first kappa shape index (κ1) is 27.5. The molecular formula is C28H35KNO4S. The molecule has 0 heterocycles. The van der Waals surface area contributed by atoms with Crippen molar-refractivity contribution >= 4 is 73.4 Å². The van der Waals surface area contributed by atoms with Crippen LogP contribution in [0.4, 0.5) is 0 Å². The molecule has 1 aromatic rings. The number of ketones is 1. The first-order valence-electron chi connectivity index (χ1n) is 12.6. The average molecular weight is 521 g/mol. The summed E-state index contributed by atoms with van der Waals surface area (Å²) in [4.78, 5) is 23.9. The number of rotatable bonds is 4. The number of carbonyl (C=O) groups excluding carboxylic acids is 2. The van der Waals surface area contributed by atoms with Crippen molar-refractivity contribution in [3.8, 4) is 0 Å². The molecule has 5 rings (SSSR count). The summed E-state index contributed by atoms with van der Waals surface area (Å²) < 4.78 is 27.3. The van der Waals surface area contributed by atoms with E-state index in [2.05, 4.69) is 19.2 Å². The minimum atomic E-state index is -3.83. The third-order valence-corrected chi connectivity index (χ3v) is 11.6. The zero-order chi connectivity index (χ0) is 24.3. The Balaban J connectivity index is 0.00000289. The van der Waals surface area contributed by atoms with Gasteiger partial charge in [-0.3, -0.25) is 9.59 Å². The summed E-state index contributed by atoms with van der Waals surface area (Å²) in [6, 6.07) is 6.85. The van der Waals surface area contributed by atoms with Crippen LogP contribution in [0.5, 0.6) is 0 Å². The molecule has 4 aliphatic rings. The van der Waals surface area contributed by atoms with E-state index in [-0.39, 0.29) is 77.9 Å². The number of amides is 1. The van der Waals surface area contributed by atoms with Gasteiger partial charge in [0, 0.05) is 57.8 Å².